The molecule has 4 rings (SSSR count). The van der Waals surface area contributed by atoms with E-state index in [1.54, 1.807) is 11.3 Å². The van der Waals surface area contributed by atoms with Gasteiger partial charge in [-0.15, -0.1) is 11.3 Å². The molecule has 0 spiro atoms. The van der Waals surface area contributed by atoms with Gasteiger partial charge in [0.2, 0.25) is 5.91 Å². The highest BCUT2D eigenvalue weighted by Gasteiger charge is 2.43. The van der Waals surface area contributed by atoms with Crippen LogP contribution in [0.5, 0.6) is 0 Å². The van der Waals surface area contributed by atoms with Crippen LogP contribution in [0.3, 0.4) is 0 Å². The van der Waals surface area contributed by atoms with E-state index in [0.717, 1.165) is 49.2 Å². The first-order valence-electron chi connectivity index (χ1n) is 9.41. The number of thiazole rings is 1. The summed E-state index contributed by atoms with van der Waals surface area (Å²) in [5, 5.41) is 13.6. The molecule has 2 aromatic rings. The molecular formula is C20H24N4OS. The second kappa shape index (κ2) is 6.98. The zero-order valence-corrected chi connectivity index (χ0v) is 15.9. The largest absolute Gasteiger partial charge is 0.337 e. The van der Waals surface area contributed by atoms with Crippen molar-refractivity contribution in [2.75, 3.05) is 13.1 Å². The number of para-hydroxylation sites is 1. The lowest BCUT2D eigenvalue weighted by Gasteiger charge is -2.34. The number of rotatable bonds is 5. The molecule has 0 unspecified atom stereocenters. The first-order chi connectivity index (χ1) is 12.6. The zero-order valence-electron chi connectivity index (χ0n) is 15.1. The van der Waals surface area contributed by atoms with Crippen LogP contribution in [-0.4, -0.2) is 34.4 Å². The molecule has 1 aliphatic heterocycles. The third-order valence-corrected chi connectivity index (χ3v) is 6.72. The molecule has 6 heteroatoms. The number of carbonyl (C=O) groups is 1. The number of nitrogens with one attached hydrogen (secondary N) is 1. The Labute approximate surface area is 158 Å². The van der Waals surface area contributed by atoms with Crippen molar-refractivity contribution >= 4 is 27.5 Å². The minimum Gasteiger partial charge on any atom is -0.337 e. The Morgan fingerprint density at radius 2 is 2.19 bits per heavy atom. The Hall–Kier alpha value is -1.97. The monoisotopic (exact) mass is 368 g/mol. The van der Waals surface area contributed by atoms with Crippen molar-refractivity contribution < 1.29 is 4.79 Å². The topological polar surface area (TPSA) is 69.0 Å². The van der Waals surface area contributed by atoms with E-state index in [9.17, 15) is 10.1 Å². The fourth-order valence-corrected chi connectivity index (χ4v) is 5.03. The molecule has 1 N–H and O–H groups in total. The molecule has 136 valence electrons. The number of likely N-dealkylation sites (tertiary alicyclic amines) is 1. The summed E-state index contributed by atoms with van der Waals surface area (Å²) in [6.07, 6.45) is 5.36. The van der Waals surface area contributed by atoms with Gasteiger partial charge in [0.15, 0.2) is 0 Å². The van der Waals surface area contributed by atoms with E-state index in [1.165, 1.54) is 4.70 Å². The molecule has 1 aliphatic carbocycles. The van der Waals surface area contributed by atoms with Gasteiger partial charge in [-0.3, -0.25) is 9.69 Å². The van der Waals surface area contributed by atoms with Gasteiger partial charge < -0.3 is 5.32 Å². The van der Waals surface area contributed by atoms with E-state index >= 15 is 0 Å². The molecule has 1 aromatic carbocycles. The maximum Gasteiger partial charge on any atom is 0.235 e. The van der Waals surface area contributed by atoms with Crippen LogP contribution < -0.4 is 5.32 Å². The number of fused-ring (bicyclic) bond motifs is 1. The van der Waals surface area contributed by atoms with Crippen LogP contribution in [0.4, 0.5) is 0 Å². The SMILES string of the molecule is C[C@](C#N)(NC(=O)CN1CCCC[C@@H]1c1nc2ccccc2s1)C1CC1. The van der Waals surface area contributed by atoms with Crippen molar-refractivity contribution in [1.29, 1.82) is 5.26 Å². The van der Waals surface area contributed by atoms with Crippen molar-refractivity contribution in [2.45, 2.75) is 50.6 Å². The second-order valence-corrected chi connectivity index (χ2v) is 8.70. The molecule has 2 fully saturated rings. The van der Waals surface area contributed by atoms with Crippen molar-refractivity contribution in [1.82, 2.24) is 15.2 Å². The number of amides is 1. The van der Waals surface area contributed by atoms with Crippen molar-refractivity contribution in [3.05, 3.63) is 29.3 Å². The molecule has 1 amide bonds. The van der Waals surface area contributed by atoms with Crippen LogP contribution in [0.15, 0.2) is 24.3 Å². The third kappa shape index (κ3) is 3.46. The average Bonchev–Trinajstić information content (AvgIpc) is 3.42. The van der Waals surface area contributed by atoms with Gasteiger partial charge in [0.25, 0.3) is 0 Å². The summed E-state index contributed by atoms with van der Waals surface area (Å²) in [7, 11) is 0. The molecular weight excluding hydrogens is 344 g/mol. The lowest BCUT2D eigenvalue weighted by Crippen LogP contribution is -2.51. The minimum atomic E-state index is -0.724. The van der Waals surface area contributed by atoms with E-state index in [-0.39, 0.29) is 11.9 Å². The van der Waals surface area contributed by atoms with Gasteiger partial charge in [0.05, 0.1) is 28.9 Å². The number of hydrogen-bond acceptors (Lipinski definition) is 5. The summed E-state index contributed by atoms with van der Waals surface area (Å²) < 4.78 is 1.20. The molecule has 1 saturated heterocycles. The van der Waals surface area contributed by atoms with Crippen LogP contribution in [0.1, 0.15) is 50.1 Å². The van der Waals surface area contributed by atoms with E-state index in [0.29, 0.717) is 12.5 Å². The fourth-order valence-electron chi connectivity index (χ4n) is 3.89. The number of hydrogen-bond donors (Lipinski definition) is 1. The lowest BCUT2D eigenvalue weighted by atomic mass is 9.97. The van der Waals surface area contributed by atoms with Crippen LogP contribution in [0, 0.1) is 17.2 Å². The predicted octanol–water partition coefficient (Wildman–Crippen LogP) is 3.63. The summed E-state index contributed by atoms with van der Waals surface area (Å²) in [4.78, 5) is 19.7. The fraction of sp³-hybridized carbons (Fsp3) is 0.550. The highest BCUT2D eigenvalue weighted by atomic mass is 32.1. The number of aromatic nitrogens is 1. The van der Waals surface area contributed by atoms with E-state index in [1.807, 2.05) is 25.1 Å². The van der Waals surface area contributed by atoms with Gasteiger partial charge in [-0.25, -0.2) is 4.98 Å². The van der Waals surface area contributed by atoms with Crippen LogP contribution in [0.2, 0.25) is 0 Å². The summed E-state index contributed by atoms with van der Waals surface area (Å²) in [5.74, 6) is 0.256. The maximum atomic E-state index is 12.6. The van der Waals surface area contributed by atoms with Crippen LogP contribution in [0.25, 0.3) is 10.2 Å². The molecule has 1 saturated carbocycles. The first-order valence-corrected chi connectivity index (χ1v) is 10.2. The molecule has 2 heterocycles. The number of benzene rings is 1. The summed E-state index contributed by atoms with van der Waals surface area (Å²) in [5.41, 5.74) is 0.311. The molecule has 2 aliphatic rings. The molecule has 26 heavy (non-hydrogen) atoms. The third-order valence-electron chi connectivity index (χ3n) is 5.58. The van der Waals surface area contributed by atoms with Gasteiger partial charge >= 0.3 is 0 Å². The number of nitriles is 1. The normalized spacial score (nSPS) is 23.3. The van der Waals surface area contributed by atoms with Crippen molar-refractivity contribution in [2.24, 2.45) is 5.92 Å². The van der Waals surface area contributed by atoms with E-state index in [2.05, 4.69) is 22.4 Å². The minimum absolute atomic E-state index is 0.0473. The second-order valence-electron chi connectivity index (χ2n) is 7.64. The standard InChI is InChI=1S/C20H24N4OS/c1-20(13-21,14-9-10-14)23-18(25)12-24-11-5-4-7-16(24)19-22-15-6-2-3-8-17(15)26-19/h2-3,6,8,14,16H,4-5,7,9-12H2,1H3,(H,23,25)/t16-,20-/m1/s1. The quantitative estimate of drug-likeness (QED) is 0.875. The Morgan fingerprint density at radius 3 is 2.92 bits per heavy atom. The maximum absolute atomic E-state index is 12.6. The Bertz CT molecular complexity index is 820. The number of nitrogens with zero attached hydrogens (tertiary/aromatic N) is 3. The highest BCUT2D eigenvalue weighted by molar-refractivity contribution is 7.18. The molecule has 5 nitrogen and oxygen atoms in total. The van der Waals surface area contributed by atoms with Crippen LogP contribution in [-0.2, 0) is 4.79 Å². The zero-order chi connectivity index (χ0) is 18.1. The Morgan fingerprint density at radius 1 is 1.38 bits per heavy atom. The van der Waals surface area contributed by atoms with Gasteiger partial charge in [0.1, 0.15) is 10.5 Å². The Kier molecular flexibility index (Phi) is 4.68. The van der Waals surface area contributed by atoms with E-state index in [4.69, 9.17) is 4.98 Å². The number of carbonyl (C=O) groups excluding carboxylic acids is 1. The number of piperidine rings is 1. The van der Waals surface area contributed by atoms with Gasteiger partial charge in [-0.05, 0) is 57.2 Å². The average molecular weight is 369 g/mol. The smallest absolute Gasteiger partial charge is 0.235 e. The lowest BCUT2D eigenvalue weighted by molar-refractivity contribution is -0.124. The molecule has 0 bridgehead atoms. The van der Waals surface area contributed by atoms with Crippen molar-refractivity contribution in [3.63, 3.8) is 0 Å². The first kappa shape index (κ1) is 17.4. The Balaban J connectivity index is 1.48. The summed E-state index contributed by atoms with van der Waals surface area (Å²) >= 11 is 1.73. The highest BCUT2D eigenvalue weighted by Crippen LogP contribution is 2.39. The van der Waals surface area contributed by atoms with Gasteiger partial charge in [0, 0.05) is 0 Å². The van der Waals surface area contributed by atoms with Gasteiger partial charge in [-0.1, -0.05) is 18.6 Å². The molecule has 0 radical (unpaired) electrons. The van der Waals surface area contributed by atoms with E-state index < -0.39 is 5.54 Å². The predicted molar refractivity (Wildman–Crippen MR) is 103 cm³/mol. The van der Waals surface area contributed by atoms with Crippen molar-refractivity contribution in [3.8, 4) is 6.07 Å². The summed E-state index contributed by atoms with van der Waals surface area (Å²) in [6.45, 7) is 3.09. The van der Waals surface area contributed by atoms with Gasteiger partial charge in [-0.2, -0.15) is 5.26 Å². The molecule has 1 aromatic heterocycles. The summed E-state index contributed by atoms with van der Waals surface area (Å²) in [6, 6.07) is 10.7. The van der Waals surface area contributed by atoms with Crippen LogP contribution >= 0.6 is 11.3 Å². The molecule has 2 atom stereocenters.